The summed E-state index contributed by atoms with van der Waals surface area (Å²) in [5.41, 5.74) is 5.75. The molecule has 3 N–H and O–H groups in total. The Balaban J connectivity index is 1.27. The molecule has 4 rings (SSSR count). The molecular formula is C22H27IN6O. The zero-order valence-corrected chi connectivity index (χ0v) is 19.3. The monoisotopic (exact) mass is 518 g/mol. The van der Waals surface area contributed by atoms with Crippen LogP contribution in [-0.2, 0) is 13.6 Å². The molecule has 3 heterocycles. The molecule has 30 heavy (non-hydrogen) atoms. The normalized spacial score (nSPS) is 15.0. The largest absolute Gasteiger partial charge is 0.350 e. The molecule has 2 aromatic heterocycles. The van der Waals surface area contributed by atoms with Gasteiger partial charge in [0.25, 0.3) is 0 Å². The number of hydroxylamine groups is 1. The predicted octanol–water partition coefficient (Wildman–Crippen LogP) is 3.53. The smallest absolute Gasteiger partial charge is 0.225 e. The summed E-state index contributed by atoms with van der Waals surface area (Å²) in [5.74, 6) is 1.40. The Morgan fingerprint density at radius 1 is 1.27 bits per heavy atom. The molecule has 1 fully saturated rings. The fourth-order valence-corrected chi connectivity index (χ4v) is 4.53. The molecule has 0 saturated carbocycles. The summed E-state index contributed by atoms with van der Waals surface area (Å²) in [6, 6.07) is 6.62. The summed E-state index contributed by atoms with van der Waals surface area (Å²) in [6.07, 6.45) is 7.85. The average molecular weight is 518 g/mol. The van der Waals surface area contributed by atoms with Crippen LogP contribution in [0.15, 0.2) is 43.4 Å². The molecule has 3 aromatic rings. The van der Waals surface area contributed by atoms with Crippen LogP contribution in [0.25, 0.3) is 16.6 Å². The Morgan fingerprint density at radius 2 is 2.00 bits per heavy atom. The maximum atomic E-state index is 8.92. The highest BCUT2D eigenvalue weighted by molar-refractivity contribution is 14.1. The number of anilines is 1. The van der Waals surface area contributed by atoms with Gasteiger partial charge in [0.1, 0.15) is 0 Å². The zero-order chi connectivity index (χ0) is 21.1. The Labute approximate surface area is 190 Å². The number of nitrogens with zero attached hydrogens (tertiary/aromatic N) is 4. The van der Waals surface area contributed by atoms with Crippen molar-refractivity contribution in [1.82, 2.24) is 25.3 Å². The van der Waals surface area contributed by atoms with Crippen LogP contribution in [0.1, 0.15) is 24.0 Å². The fraction of sp³-hybridized carbons (Fsp3) is 0.364. The molecule has 0 bridgehead atoms. The summed E-state index contributed by atoms with van der Waals surface area (Å²) < 4.78 is 3.48. The van der Waals surface area contributed by atoms with Crippen molar-refractivity contribution in [2.75, 3.05) is 24.5 Å². The first kappa shape index (κ1) is 21.1. The predicted molar refractivity (Wildman–Crippen MR) is 128 cm³/mol. The molecule has 0 atom stereocenters. The minimum Gasteiger partial charge on any atom is -0.350 e. The first-order valence-corrected chi connectivity index (χ1v) is 11.2. The number of hydrogen-bond acceptors (Lipinski definition) is 6. The lowest BCUT2D eigenvalue weighted by molar-refractivity contribution is 0.225. The fourth-order valence-electron chi connectivity index (χ4n) is 4.04. The minimum absolute atomic E-state index is 0.396. The van der Waals surface area contributed by atoms with E-state index in [1.807, 2.05) is 5.48 Å². The molecule has 158 valence electrons. The van der Waals surface area contributed by atoms with Gasteiger partial charge < -0.3 is 14.8 Å². The maximum Gasteiger partial charge on any atom is 0.225 e. The van der Waals surface area contributed by atoms with Gasteiger partial charge in [0.15, 0.2) is 0 Å². The first-order chi connectivity index (χ1) is 14.5. The van der Waals surface area contributed by atoms with Gasteiger partial charge in [-0.2, -0.15) is 0 Å². The highest BCUT2D eigenvalue weighted by Crippen LogP contribution is 2.24. The average Bonchev–Trinajstić information content (AvgIpc) is 3.08. The lowest BCUT2D eigenvalue weighted by Crippen LogP contribution is -2.38. The Hall–Kier alpha value is -2.17. The van der Waals surface area contributed by atoms with Gasteiger partial charge in [0.05, 0.1) is 5.70 Å². The third-order valence-electron chi connectivity index (χ3n) is 5.80. The molecule has 1 aromatic carbocycles. The molecule has 1 aliphatic heterocycles. The van der Waals surface area contributed by atoms with E-state index in [0.717, 1.165) is 45.0 Å². The zero-order valence-electron chi connectivity index (χ0n) is 17.1. The van der Waals surface area contributed by atoms with Crippen molar-refractivity contribution in [3.05, 3.63) is 58.1 Å². The van der Waals surface area contributed by atoms with Crippen LogP contribution < -0.4 is 15.7 Å². The van der Waals surface area contributed by atoms with Crippen LogP contribution >= 0.6 is 22.6 Å². The van der Waals surface area contributed by atoms with E-state index in [1.165, 1.54) is 20.0 Å². The van der Waals surface area contributed by atoms with Crippen molar-refractivity contribution in [2.24, 2.45) is 13.0 Å². The van der Waals surface area contributed by atoms with Gasteiger partial charge in [-0.15, -0.1) is 0 Å². The van der Waals surface area contributed by atoms with E-state index >= 15 is 0 Å². The van der Waals surface area contributed by atoms with E-state index in [2.05, 4.69) is 85.4 Å². The lowest BCUT2D eigenvalue weighted by Gasteiger charge is -2.32. The molecule has 0 aliphatic carbocycles. The van der Waals surface area contributed by atoms with Gasteiger partial charge in [-0.05, 0) is 71.7 Å². The number of hydrogen-bond donors (Lipinski definition) is 3. The molecule has 0 unspecified atom stereocenters. The molecule has 1 saturated heterocycles. The van der Waals surface area contributed by atoms with Crippen molar-refractivity contribution in [3.8, 4) is 0 Å². The topological polar surface area (TPSA) is 78.2 Å². The van der Waals surface area contributed by atoms with E-state index < -0.39 is 0 Å². The lowest BCUT2D eigenvalue weighted by atomic mass is 9.97. The second-order valence-electron chi connectivity index (χ2n) is 7.85. The second kappa shape index (κ2) is 9.32. The summed E-state index contributed by atoms with van der Waals surface area (Å²) in [6.45, 7) is 7.53. The number of rotatable bonds is 7. The Morgan fingerprint density at radius 3 is 2.70 bits per heavy atom. The highest BCUT2D eigenvalue weighted by Gasteiger charge is 2.21. The van der Waals surface area contributed by atoms with E-state index in [9.17, 15) is 0 Å². The number of benzene rings is 1. The third kappa shape index (κ3) is 4.60. The van der Waals surface area contributed by atoms with Crippen LogP contribution in [-0.4, -0.2) is 39.4 Å². The van der Waals surface area contributed by atoms with Crippen LogP contribution in [0.2, 0.25) is 0 Å². The highest BCUT2D eigenvalue weighted by atomic mass is 127. The third-order valence-corrected chi connectivity index (χ3v) is 6.47. The number of aromatic nitrogens is 3. The number of fused-ring (bicyclic) bond motifs is 1. The van der Waals surface area contributed by atoms with Crippen LogP contribution in [0.3, 0.4) is 0 Å². The van der Waals surface area contributed by atoms with E-state index in [-0.39, 0.29) is 0 Å². The molecule has 1 aliphatic rings. The number of piperidine rings is 1. The maximum absolute atomic E-state index is 8.92. The molecular weight excluding hydrogens is 491 g/mol. The van der Waals surface area contributed by atoms with E-state index in [1.54, 1.807) is 12.4 Å². The standard InChI is InChI=1S/C22H27IN6O/c1-15(27-30)17-12-25-22(26-13-17)29-7-5-16(6-8-29)10-24-11-18-14-28(2)21-4-3-19(23)9-20(18)21/h3-4,9,12-14,16,24,27,30H,1,5-8,10-11H2,2H3. The van der Waals surface area contributed by atoms with E-state index in [4.69, 9.17) is 5.21 Å². The van der Waals surface area contributed by atoms with Crippen LogP contribution in [0.5, 0.6) is 0 Å². The Kier molecular flexibility index (Phi) is 6.55. The number of halogens is 1. The molecule has 0 radical (unpaired) electrons. The molecule has 0 spiro atoms. The summed E-state index contributed by atoms with van der Waals surface area (Å²) in [5, 5.41) is 13.9. The van der Waals surface area contributed by atoms with Gasteiger partial charge in [-0.1, -0.05) is 6.58 Å². The van der Waals surface area contributed by atoms with Gasteiger partial charge in [0, 0.05) is 65.3 Å². The van der Waals surface area contributed by atoms with Gasteiger partial charge in [-0.25, -0.2) is 9.97 Å². The van der Waals surface area contributed by atoms with Gasteiger partial charge in [-0.3, -0.25) is 10.7 Å². The summed E-state index contributed by atoms with van der Waals surface area (Å²) >= 11 is 2.38. The van der Waals surface area contributed by atoms with Crippen LogP contribution in [0.4, 0.5) is 5.95 Å². The summed E-state index contributed by atoms with van der Waals surface area (Å²) in [7, 11) is 2.11. The van der Waals surface area contributed by atoms with Crippen molar-refractivity contribution in [2.45, 2.75) is 19.4 Å². The minimum atomic E-state index is 0.396. The van der Waals surface area contributed by atoms with Crippen LogP contribution in [0, 0.1) is 9.49 Å². The van der Waals surface area contributed by atoms with Gasteiger partial charge >= 0.3 is 0 Å². The van der Waals surface area contributed by atoms with Crippen molar-refractivity contribution in [1.29, 1.82) is 0 Å². The molecule has 7 nitrogen and oxygen atoms in total. The summed E-state index contributed by atoms with van der Waals surface area (Å²) in [4.78, 5) is 11.1. The molecule has 0 amide bonds. The van der Waals surface area contributed by atoms with Crippen molar-refractivity contribution >= 4 is 45.1 Å². The van der Waals surface area contributed by atoms with Gasteiger partial charge in [0.2, 0.25) is 5.95 Å². The molecule has 8 heteroatoms. The quantitative estimate of drug-likeness (QED) is 0.328. The van der Waals surface area contributed by atoms with E-state index in [0.29, 0.717) is 17.2 Å². The first-order valence-electron chi connectivity index (χ1n) is 10.2. The van der Waals surface area contributed by atoms with Crippen molar-refractivity contribution in [3.63, 3.8) is 0 Å². The number of aryl methyl sites for hydroxylation is 1. The number of nitrogens with one attached hydrogen (secondary N) is 2. The Bertz CT molecular complexity index is 1020. The SMILES string of the molecule is C=C(NO)c1cnc(N2CCC(CNCc3cn(C)c4ccc(I)cc34)CC2)nc1. The van der Waals surface area contributed by atoms with Crippen molar-refractivity contribution < 1.29 is 5.21 Å². The second-order valence-corrected chi connectivity index (χ2v) is 9.10.